The van der Waals surface area contributed by atoms with Gasteiger partial charge in [-0.2, -0.15) is 0 Å². The number of fused-ring (bicyclic) bond motifs is 24. The number of hydrogen-bond donors (Lipinski definition) is 0. The SMILES string of the molecule is CC1(C)c2ccccc2-c2ccc(-c3nc(-c4ccccc4)nc(-c4cccc(-c5cccc6c5Oc5ccccc5C65c6ccccc6-c6c(-c7ccc(-c8nc(-c9ccc(-c%10cccc%11c%10oc%10ccccc%10%11)cc9)nc(-c9cccc(-c%10cccc%11c%10Oc%10ccccc%10C%11%10c%11ccccc%11-c%11ccccc%11%10)c9)n8)cc7)cccc65)c4)n3)cc21. The lowest BCUT2D eigenvalue weighted by molar-refractivity contribution is 0.438. The van der Waals surface area contributed by atoms with E-state index in [1.807, 2.05) is 30.3 Å². The molecule has 0 amide bonds. The molecule has 9 nitrogen and oxygen atoms in total. The largest absolute Gasteiger partial charge is 0.456 e. The predicted octanol–water partition coefficient (Wildman–Crippen LogP) is 27.9. The maximum Gasteiger partial charge on any atom is 0.164 e. The third-order valence-corrected chi connectivity index (χ3v) is 26.2. The molecule has 2 aliphatic heterocycles. The highest BCUT2D eigenvalue weighted by Gasteiger charge is 2.54. The van der Waals surface area contributed by atoms with Gasteiger partial charge < -0.3 is 13.9 Å². The smallest absolute Gasteiger partial charge is 0.164 e. The van der Waals surface area contributed by atoms with Crippen LogP contribution in [0.5, 0.6) is 23.0 Å². The van der Waals surface area contributed by atoms with Crippen molar-refractivity contribution in [3.8, 4) is 169 Å². The van der Waals surface area contributed by atoms with Gasteiger partial charge in [0.1, 0.15) is 34.2 Å². The summed E-state index contributed by atoms with van der Waals surface area (Å²) in [6.45, 7) is 4.61. The van der Waals surface area contributed by atoms with Gasteiger partial charge in [-0.3, -0.25) is 0 Å². The van der Waals surface area contributed by atoms with Gasteiger partial charge in [-0.1, -0.05) is 366 Å². The summed E-state index contributed by atoms with van der Waals surface area (Å²) in [5, 5.41) is 2.16. The third kappa shape index (κ3) is 10.2. The van der Waals surface area contributed by atoms with Crippen molar-refractivity contribution in [2.45, 2.75) is 30.1 Å². The molecule has 0 bridgehead atoms. The van der Waals surface area contributed by atoms with Gasteiger partial charge in [-0.05, 0) is 131 Å². The van der Waals surface area contributed by atoms with Gasteiger partial charge in [0.05, 0.1) is 10.8 Å². The number of nitrogens with zero attached hydrogens (tertiary/aromatic N) is 6. The van der Waals surface area contributed by atoms with Crippen molar-refractivity contribution in [2.75, 3.05) is 0 Å². The number of hydrogen-bond acceptors (Lipinski definition) is 9. The molecule has 0 radical (unpaired) electrons. The molecule has 1 atom stereocenters. The van der Waals surface area contributed by atoms with Crippen LogP contribution in [0.4, 0.5) is 0 Å². The van der Waals surface area contributed by atoms with Gasteiger partial charge >= 0.3 is 0 Å². The molecular weight excluding hydrogens is 1490 g/mol. The molecule has 20 aromatic rings. The maximum absolute atomic E-state index is 7.37. The fourth-order valence-corrected chi connectivity index (χ4v) is 20.7. The zero-order valence-electron chi connectivity index (χ0n) is 66.4. The van der Waals surface area contributed by atoms with E-state index >= 15 is 0 Å². The summed E-state index contributed by atoms with van der Waals surface area (Å²) < 4.78 is 21.2. The fraction of sp³-hybridized carbons (Fsp3) is 0.0442. The Hall–Kier alpha value is -15.8. The first-order valence-corrected chi connectivity index (χ1v) is 41.6. The van der Waals surface area contributed by atoms with Crippen LogP contribution in [0.25, 0.3) is 168 Å². The quantitative estimate of drug-likeness (QED) is 0.132. The molecule has 0 fully saturated rings. The summed E-state index contributed by atoms with van der Waals surface area (Å²) in [6, 6.07) is 138. The Balaban J connectivity index is 0.600. The molecule has 0 N–H and O–H groups in total. The summed E-state index contributed by atoms with van der Waals surface area (Å²) in [5.41, 5.74) is 32.3. The lowest BCUT2D eigenvalue weighted by Gasteiger charge is -2.40. The molecule has 0 saturated heterocycles. The Morgan fingerprint density at radius 1 is 0.205 bits per heavy atom. The van der Waals surface area contributed by atoms with Crippen LogP contribution in [0.3, 0.4) is 0 Å². The zero-order chi connectivity index (χ0) is 80.5. The van der Waals surface area contributed by atoms with Crippen LogP contribution < -0.4 is 9.47 Å². The number of ether oxygens (including phenoxy) is 2. The van der Waals surface area contributed by atoms with E-state index in [0.29, 0.717) is 34.9 Å². The van der Waals surface area contributed by atoms with Gasteiger partial charge in [-0.25, -0.2) is 29.9 Å². The van der Waals surface area contributed by atoms with Crippen molar-refractivity contribution in [3.63, 3.8) is 0 Å². The Labute approximate surface area is 704 Å². The molecule has 1 unspecified atom stereocenters. The molecule has 5 aliphatic rings. The first-order valence-electron chi connectivity index (χ1n) is 41.6. The van der Waals surface area contributed by atoms with E-state index in [4.69, 9.17) is 43.8 Å². The normalized spacial score (nSPS) is 14.6. The second-order valence-electron chi connectivity index (χ2n) is 32.9. The fourth-order valence-electron chi connectivity index (χ4n) is 20.7. The molecule has 2 spiro atoms. The highest BCUT2D eigenvalue weighted by Crippen LogP contribution is 2.66. The molecule has 3 aliphatic carbocycles. The highest BCUT2D eigenvalue weighted by molar-refractivity contribution is 6.10. The van der Waals surface area contributed by atoms with Crippen LogP contribution >= 0.6 is 0 Å². The molecule has 17 aromatic carbocycles. The molecule has 0 saturated carbocycles. The monoisotopic (exact) mass is 1560 g/mol. The summed E-state index contributed by atoms with van der Waals surface area (Å²) in [7, 11) is 0. The summed E-state index contributed by atoms with van der Waals surface area (Å²) >= 11 is 0. The standard InChI is InChI=1S/C113H70N6O3/c1-111(2)88-42-11-6-32-81(88)84-63-62-76(66-97(84)111)110-116-105(69-26-4-3-5-27-69)115-109(119-110)75-31-21-29-73(65-75)80-40-25-50-96-104(80)122-100-53-19-16-47-93(100)113(96)91-45-14-9-36-87(91)101-77(37-23-48-94(101)113)67-54-58-70(59-55-67)106-114-107(71-60-56-68(57-61-71)78-38-22-41-86-85-35-10-17-51-98(85)120-102(78)86)118-108(117-106)74-30-20-28-72(64-74)79-39-24-49-95-103(79)121-99-52-18-15-46-92(99)112(95)89-43-12-7-33-82(89)83-34-8-13-44-90(83)112/h3-66H,1-2H3. The van der Waals surface area contributed by atoms with E-state index in [2.05, 4.69) is 372 Å². The second-order valence-corrected chi connectivity index (χ2v) is 32.9. The minimum Gasteiger partial charge on any atom is -0.456 e. The van der Waals surface area contributed by atoms with Crippen molar-refractivity contribution < 1.29 is 13.9 Å². The molecule has 122 heavy (non-hydrogen) atoms. The van der Waals surface area contributed by atoms with Crippen molar-refractivity contribution in [1.29, 1.82) is 0 Å². The number of benzene rings is 17. The summed E-state index contributed by atoms with van der Waals surface area (Å²) in [6.07, 6.45) is 0. The first kappa shape index (κ1) is 69.3. The van der Waals surface area contributed by atoms with Gasteiger partial charge in [0.2, 0.25) is 0 Å². The lowest BCUT2D eigenvalue weighted by atomic mass is 9.65. The molecule has 570 valence electrons. The van der Waals surface area contributed by atoms with E-state index in [1.165, 1.54) is 55.6 Å². The Morgan fingerprint density at radius 3 is 1.11 bits per heavy atom. The van der Waals surface area contributed by atoms with Crippen LogP contribution in [-0.4, -0.2) is 29.9 Å². The number of aromatic nitrogens is 6. The number of rotatable bonds is 10. The predicted molar refractivity (Wildman–Crippen MR) is 487 cm³/mol. The first-order chi connectivity index (χ1) is 60.2. The summed E-state index contributed by atoms with van der Waals surface area (Å²) in [4.78, 5) is 32.2. The minimum absolute atomic E-state index is 0.204. The number of para-hydroxylation sites is 6. The topological polar surface area (TPSA) is 109 Å². The van der Waals surface area contributed by atoms with Gasteiger partial charge in [0.15, 0.2) is 34.9 Å². The second kappa shape index (κ2) is 26.6. The molecule has 9 heteroatoms. The Morgan fingerprint density at radius 2 is 0.541 bits per heavy atom. The van der Waals surface area contributed by atoms with E-state index < -0.39 is 10.8 Å². The average molecular weight is 1560 g/mol. The highest BCUT2D eigenvalue weighted by atomic mass is 16.5. The molecule has 5 heterocycles. The number of furan rings is 1. The van der Waals surface area contributed by atoms with Crippen molar-refractivity contribution in [3.05, 3.63) is 444 Å². The van der Waals surface area contributed by atoms with E-state index in [-0.39, 0.29) is 5.41 Å². The minimum atomic E-state index is -0.790. The summed E-state index contributed by atoms with van der Waals surface area (Å²) in [5.74, 6) is 6.63. The maximum atomic E-state index is 7.37. The van der Waals surface area contributed by atoms with E-state index in [9.17, 15) is 0 Å². The molecule has 25 rings (SSSR count). The zero-order valence-corrected chi connectivity index (χ0v) is 66.4. The molecule has 3 aromatic heterocycles. The van der Waals surface area contributed by atoms with Crippen LogP contribution in [-0.2, 0) is 16.2 Å². The van der Waals surface area contributed by atoms with Crippen LogP contribution in [0.2, 0.25) is 0 Å². The lowest BCUT2D eigenvalue weighted by Crippen LogP contribution is -2.32. The third-order valence-electron chi connectivity index (χ3n) is 26.2. The van der Waals surface area contributed by atoms with Crippen LogP contribution in [0.1, 0.15) is 69.5 Å². The van der Waals surface area contributed by atoms with Crippen LogP contribution in [0, 0.1) is 0 Å². The Kier molecular flexibility index (Phi) is 15.1. The van der Waals surface area contributed by atoms with Gasteiger partial charge in [-0.15, -0.1) is 0 Å². The van der Waals surface area contributed by atoms with E-state index in [0.717, 1.165) is 156 Å². The van der Waals surface area contributed by atoms with Gasteiger partial charge in [0, 0.05) is 88.5 Å². The average Bonchev–Trinajstić information content (AvgIpc) is 1.49. The van der Waals surface area contributed by atoms with Crippen molar-refractivity contribution in [1.82, 2.24) is 29.9 Å². The van der Waals surface area contributed by atoms with Crippen molar-refractivity contribution in [2.24, 2.45) is 0 Å². The Bertz CT molecular complexity index is 7770. The van der Waals surface area contributed by atoms with Crippen molar-refractivity contribution >= 4 is 21.9 Å². The van der Waals surface area contributed by atoms with Gasteiger partial charge in [0.25, 0.3) is 0 Å². The van der Waals surface area contributed by atoms with Crippen LogP contribution in [0.15, 0.2) is 393 Å². The molecular formula is C113H70N6O3. The van der Waals surface area contributed by atoms with E-state index in [1.54, 1.807) is 0 Å².